The lowest BCUT2D eigenvalue weighted by Gasteiger charge is -2.40. The van der Waals surface area contributed by atoms with Crippen molar-refractivity contribution in [3.63, 3.8) is 0 Å². The molecule has 0 aromatic carbocycles. The summed E-state index contributed by atoms with van der Waals surface area (Å²) >= 11 is 0. The van der Waals surface area contributed by atoms with Crippen LogP contribution in [0.4, 0.5) is 0 Å². The molecule has 0 aliphatic carbocycles. The van der Waals surface area contributed by atoms with E-state index in [9.17, 15) is 4.79 Å². The molecule has 2 heterocycles. The number of hydrogen-bond acceptors (Lipinski definition) is 3. The van der Waals surface area contributed by atoms with Crippen LogP contribution in [0, 0.1) is 0 Å². The van der Waals surface area contributed by atoms with E-state index in [1.54, 1.807) is 12.4 Å². The van der Waals surface area contributed by atoms with Crippen molar-refractivity contribution in [2.24, 2.45) is 0 Å². The Morgan fingerprint density at radius 2 is 2.39 bits per heavy atom. The van der Waals surface area contributed by atoms with Crippen molar-refractivity contribution < 1.29 is 9.53 Å². The zero-order valence-corrected chi connectivity index (χ0v) is 11.0. The van der Waals surface area contributed by atoms with Crippen LogP contribution in [0.25, 0.3) is 0 Å². The number of nitrogens with zero attached hydrogens (tertiary/aromatic N) is 1. The molecule has 1 aromatic rings. The first-order chi connectivity index (χ1) is 8.69. The second-order valence-electron chi connectivity index (χ2n) is 4.89. The van der Waals surface area contributed by atoms with Crippen LogP contribution in [0.5, 0.6) is 0 Å². The first-order valence-corrected chi connectivity index (χ1v) is 6.62. The summed E-state index contributed by atoms with van der Waals surface area (Å²) in [5.41, 5.74) is 0.521. The van der Waals surface area contributed by atoms with Crippen molar-refractivity contribution in [1.82, 2.24) is 15.5 Å². The molecule has 18 heavy (non-hydrogen) atoms. The molecule has 5 nitrogen and oxygen atoms in total. The predicted molar refractivity (Wildman–Crippen MR) is 68.3 cm³/mol. The maximum Gasteiger partial charge on any atom is 0.254 e. The zero-order chi connectivity index (χ0) is 13.0. The fourth-order valence-electron chi connectivity index (χ4n) is 2.54. The van der Waals surface area contributed by atoms with Crippen LogP contribution in [0.15, 0.2) is 12.4 Å². The van der Waals surface area contributed by atoms with Crippen molar-refractivity contribution >= 4 is 5.91 Å². The van der Waals surface area contributed by atoms with Gasteiger partial charge < -0.3 is 10.1 Å². The quantitative estimate of drug-likeness (QED) is 0.858. The smallest absolute Gasteiger partial charge is 0.254 e. The molecule has 1 aliphatic heterocycles. The Bertz CT molecular complexity index is 385. The summed E-state index contributed by atoms with van der Waals surface area (Å²) in [7, 11) is 0. The minimum atomic E-state index is -0.0629. The van der Waals surface area contributed by atoms with Gasteiger partial charge in [-0.05, 0) is 25.7 Å². The molecular weight excluding hydrogens is 230 g/mol. The van der Waals surface area contributed by atoms with Crippen LogP contribution in [-0.2, 0) is 4.74 Å². The third-order valence-corrected chi connectivity index (χ3v) is 3.88. The largest absolute Gasteiger partial charge is 0.375 e. The molecule has 1 atom stereocenters. The Hall–Kier alpha value is -1.36. The SMILES string of the molecule is CCC1(CC)CC(NC(=O)c2cn[nH]c2)CCO1. The molecule has 5 heteroatoms. The molecule has 1 aromatic heterocycles. The monoisotopic (exact) mass is 251 g/mol. The summed E-state index contributed by atoms with van der Waals surface area (Å²) in [4.78, 5) is 11.9. The number of amides is 1. The second kappa shape index (κ2) is 5.52. The minimum absolute atomic E-state index is 0.0586. The molecule has 1 aliphatic rings. The van der Waals surface area contributed by atoms with E-state index in [2.05, 4.69) is 29.4 Å². The molecule has 0 radical (unpaired) electrons. The van der Waals surface area contributed by atoms with Crippen LogP contribution in [0.3, 0.4) is 0 Å². The Labute approximate surface area is 107 Å². The summed E-state index contributed by atoms with van der Waals surface area (Å²) in [6.45, 7) is 5.01. The van der Waals surface area contributed by atoms with Crippen LogP contribution in [0.1, 0.15) is 49.9 Å². The van der Waals surface area contributed by atoms with E-state index in [4.69, 9.17) is 4.74 Å². The number of ether oxygens (including phenoxy) is 1. The molecule has 1 unspecified atom stereocenters. The molecule has 2 rings (SSSR count). The normalized spacial score (nSPS) is 22.7. The summed E-state index contributed by atoms with van der Waals surface area (Å²) in [5.74, 6) is -0.0586. The van der Waals surface area contributed by atoms with Crippen molar-refractivity contribution in [2.45, 2.75) is 51.2 Å². The molecule has 0 bridgehead atoms. The lowest BCUT2D eigenvalue weighted by Crippen LogP contribution is -2.48. The average molecular weight is 251 g/mol. The molecule has 1 amide bonds. The highest BCUT2D eigenvalue weighted by atomic mass is 16.5. The zero-order valence-electron chi connectivity index (χ0n) is 11.0. The number of aromatic amines is 1. The van der Waals surface area contributed by atoms with Gasteiger partial charge in [0.2, 0.25) is 0 Å². The number of rotatable bonds is 4. The van der Waals surface area contributed by atoms with E-state index < -0.39 is 0 Å². The fraction of sp³-hybridized carbons (Fsp3) is 0.692. The number of carbonyl (C=O) groups is 1. The van der Waals surface area contributed by atoms with E-state index in [1.165, 1.54) is 0 Å². The summed E-state index contributed by atoms with van der Waals surface area (Å²) in [6.07, 6.45) is 6.90. The van der Waals surface area contributed by atoms with Gasteiger partial charge in [0.15, 0.2) is 0 Å². The van der Waals surface area contributed by atoms with Gasteiger partial charge in [0.25, 0.3) is 5.91 Å². The van der Waals surface area contributed by atoms with Gasteiger partial charge in [-0.3, -0.25) is 9.89 Å². The summed E-state index contributed by atoms with van der Waals surface area (Å²) in [5, 5.41) is 9.50. The number of nitrogens with one attached hydrogen (secondary N) is 2. The number of aromatic nitrogens is 2. The Morgan fingerprint density at radius 3 is 3.00 bits per heavy atom. The standard InChI is InChI=1S/C13H21N3O2/c1-3-13(4-2)7-11(5-6-18-13)16-12(17)10-8-14-15-9-10/h8-9,11H,3-7H2,1-2H3,(H,14,15)(H,16,17). The predicted octanol–water partition coefficient (Wildman–Crippen LogP) is 1.88. The van der Waals surface area contributed by atoms with Crippen LogP contribution >= 0.6 is 0 Å². The van der Waals surface area contributed by atoms with E-state index in [1.807, 2.05) is 0 Å². The van der Waals surface area contributed by atoms with E-state index >= 15 is 0 Å². The fourth-order valence-corrected chi connectivity index (χ4v) is 2.54. The molecule has 100 valence electrons. The maximum atomic E-state index is 11.9. The molecular formula is C13H21N3O2. The Balaban J connectivity index is 1.96. The molecule has 0 spiro atoms. The van der Waals surface area contributed by atoms with Crippen molar-refractivity contribution in [3.05, 3.63) is 18.0 Å². The van der Waals surface area contributed by atoms with Gasteiger partial charge in [0.1, 0.15) is 0 Å². The Morgan fingerprint density at radius 1 is 1.61 bits per heavy atom. The van der Waals surface area contributed by atoms with Gasteiger partial charge in [-0.15, -0.1) is 0 Å². The third kappa shape index (κ3) is 2.72. The topological polar surface area (TPSA) is 67.0 Å². The number of H-pyrrole nitrogens is 1. The van der Waals surface area contributed by atoms with Crippen LogP contribution < -0.4 is 5.32 Å². The number of hydrogen-bond donors (Lipinski definition) is 2. The van der Waals surface area contributed by atoms with Gasteiger partial charge in [-0.1, -0.05) is 13.8 Å². The molecule has 2 N–H and O–H groups in total. The second-order valence-corrected chi connectivity index (χ2v) is 4.89. The third-order valence-electron chi connectivity index (χ3n) is 3.88. The van der Waals surface area contributed by atoms with Gasteiger partial charge in [-0.2, -0.15) is 5.10 Å². The highest BCUT2D eigenvalue weighted by molar-refractivity contribution is 5.93. The lowest BCUT2D eigenvalue weighted by atomic mass is 9.86. The first-order valence-electron chi connectivity index (χ1n) is 6.62. The van der Waals surface area contributed by atoms with Crippen LogP contribution in [-0.4, -0.2) is 34.4 Å². The Kier molecular flexibility index (Phi) is 4.01. The minimum Gasteiger partial charge on any atom is -0.375 e. The van der Waals surface area contributed by atoms with E-state index in [-0.39, 0.29) is 17.6 Å². The van der Waals surface area contributed by atoms with Gasteiger partial charge in [0, 0.05) is 18.8 Å². The van der Waals surface area contributed by atoms with Crippen LogP contribution in [0.2, 0.25) is 0 Å². The van der Waals surface area contributed by atoms with Gasteiger partial charge >= 0.3 is 0 Å². The van der Waals surface area contributed by atoms with Crippen molar-refractivity contribution in [2.75, 3.05) is 6.61 Å². The molecule has 0 saturated carbocycles. The molecule has 1 fully saturated rings. The average Bonchev–Trinajstić information content (AvgIpc) is 2.93. The van der Waals surface area contributed by atoms with E-state index in [0.29, 0.717) is 5.56 Å². The lowest BCUT2D eigenvalue weighted by molar-refractivity contribution is -0.0917. The van der Waals surface area contributed by atoms with Gasteiger partial charge in [-0.25, -0.2) is 0 Å². The highest BCUT2D eigenvalue weighted by Crippen LogP contribution is 2.31. The van der Waals surface area contributed by atoms with Crippen molar-refractivity contribution in [3.8, 4) is 0 Å². The number of carbonyl (C=O) groups excluding carboxylic acids is 1. The molecule has 1 saturated heterocycles. The first kappa shape index (κ1) is 13.1. The summed E-state index contributed by atoms with van der Waals surface area (Å²) in [6, 6.07) is 0.195. The maximum absolute atomic E-state index is 11.9. The summed E-state index contributed by atoms with van der Waals surface area (Å²) < 4.78 is 5.90. The van der Waals surface area contributed by atoms with Gasteiger partial charge in [0.05, 0.1) is 17.4 Å². The van der Waals surface area contributed by atoms with Crippen molar-refractivity contribution in [1.29, 1.82) is 0 Å². The highest BCUT2D eigenvalue weighted by Gasteiger charge is 2.35. The van der Waals surface area contributed by atoms with E-state index in [0.717, 1.165) is 32.3 Å².